The number of nitrogens with one attached hydrogen (secondary N) is 3. The number of aromatic nitrogens is 3. The molecule has 4 rings (SSSR count). The first kappa shape index (κ1) is 28.2. The molecule has 0 fully saturated rings. The van der Waals surface area contributed by atoms with Gasteiger partial charge in [0.1, 0.15) is 16.7 Å². The van der Waals surface area contributed by atoms with Gasteiger partial charge in [-0.15, -0.1) is 11.3 Å². The van der Waals surface area contributed by atoms with Crippen LogP contribution in [0.25, 0.3) is 10.7 Å². The third-order valence-electron chi connectivity index (χ3n) is 5.92. The lowest BCUT2D eigenvalue weighted by Crippen LogP contribution is -2.49. The van der Waals surface area contributed by atoms with Crippen LogP contribution in [-0.2, 0) is 27.2 Å². The predicted octanol–water partition coefficient (Wildman–Crippen LogP) is 3.10. The fraction of sp³-hybridized carbons (Fsp3) is 0.269. The molecule has 39 heavy (non-hydrogen) atoms. The normalized spacial score (nSPS) is 17.0. The molecule has 2 amide bonds. The third kappa shape index (κ3) is 8.35. The first-order valence-electron chi connectivity index (χ1n) is 12.1. The molecule has 0 saturated carbocycles. The Morgan fingerprint density at radius 3 is 2.69 bits per heavy atom. The van der Waals surface area contributed by atoms with E-state index in [1.54, 1.807) is 18.6 Å². The van der Waals surface area contributed by atoms with E-state index in [1.165, 1.54) is 18.4 Å². The fourth-order valence-electron chi connectivity index (χ4n) is 4.00. The monoisotopic (exact) mass is 568 g/mol. The Labute approximate surface area is 232 Å². The maximum absolute atomic E-state index is 13.5. The molecule has 0 aliphatic heterocycles. The Hall–Kier alpha value is -3.78. The average Bonchev–Trinajstić information content (AvgIpc) is 3.44. The minimum atomic E-state index is -2.12. The maximum atomic E-state index is 13.5. The lowest BCUT2D eigenvalue weighted by molar-refractivity contribution is -0.123. The molecule has 2 unspecified atom stereocenters. The van der Waals surface area contributed by atoms with Gasteiger partial charge in [0.2, 0.25) is 17.2 Å². The van der Waals surface area contributed by atoms with E-state index in [0.717, 1.165) is 11.1 Å². The van der Waals surface area contributed by atoms with Gasteiger partial charge in [0, 0.05) is 30.2 Å². The predicted molar refractivity (Wildman–Crippen MR) is 148 cm³/mol. The molecular formula is C26H28N6O5S2. The number of thiazole rings is 1. The van der Waals surface area contributed by atoms with Crippen LogP contribution in [0.4, 0.5) is 4.79 Å². The lowest BCUT2D eigenvalue weighted by Gasteiger charge is -2.24. The molecule has 2 aromatic heterocycles. The van der Waals surface area contributed by atoms with Crippen molar-refractivity contribution in [1.29, 1.82) is 0 Å². The van der Waals surface area contributed by atoms with E-state index in [2.05, 4.69) is 25.3 Å². The summed E-state index contributed by atoms with van der Waals surface area (Å²) in [5.74, 6) is -0.390. The summed E-state index contributed by atoms with van der Waals surface area (Å²) in [5, 5.41) is 8.21. The highest BCUT2D eigenvalue weighted by Crippen LogP contribution is 2.29. The fourth-order valence-corrected chi connectivity index (χ4v) is 5.27. The number of methoxy groups -OCH3 is 1. The van der Waals surface area contributed by atoms with Crippen LogP contribution in [0, 0.1) is 0 Å². The largest absolute Gasteiger partial charge is 0.453 e. The molecule has 3 aromatic rings. The van der Waals surface area contributed by atoms with E-state index in [4.69, 9.17) is 14.3 Å². The number of rotatable bonds is 11. The molecule has 1 aromatic carbocycles. The van der Waals surface area contributed by atoms with Crippen LogP contribution in [0.5, 0.6) is 0 Å². The number of alkyl carbamates (subject to hydrolysis) is 1. The molecule has 4 atom stereocenters. The Morgan fingerprint density at radius 2 is 2.03 bits per heavy atom. The van der Waals surface area contributed by atoms with E-state index in [9.17, 15) is 13.8 Å². The van der Waals surface area contributed by atoms with Crippen molar-refractivity contribution in [3.63, 3.8) is 0 Å². The average molecular weight is 569 g/mol. The van der Waals surface area contributed by atoms with E-state index in [-0.39, 0.29) is 18.4 Å². The highest BCUT2D eigenvalue weighted by Gasteiger charge is 2.27. The van der Waals surface area contributed by atoms with Gasteiger partial charge in [0.25, 0.3) is 0 Å². The molecule has 1 aliphatic carbocycles. The molecule has 2 heterocycles. The van der Waals surface area contributed by atoms with Gasteiger partial charge in [-0.2, -0.15) is 0 Å². The van der Waals surface area contributed by atoms with E-state index >= 15 is 0 Å². The molecule has 4 N–H and O–H groups in total. The van der Waals surface area contributed by atoms with Crippen molar-refractivity contribution in [2.24, 2.45) is 0 Å². The molecule has 204 valence electrons. The Bertz CT molecular complexity index is 1350. The molecule has 0 saturated heterocycles. The van der Waals surface area contributed by atoms with E-state index in [0.29, 0.717) is 29.2 Å². The number of ether oxygens (including phenoxy) is 1. The number of hydrogen-bond donors (Lipinski definition) is 4. The molecule has 13 heteroatoms. The summed E-state index contributed by atoms with van der Waals surface area (Å²) >= 11 is -0.729. The number of nitrogens with zero attached hydrogens (tertiary/aromatic N) is 3. The first-order chi connectivity index (χ1) is 18.9. The number of carbonyl (C=O) groups is 2. The Morgan fingerprint density at radius 1 is 1.21 bits per heavy atom. The van der Waals surface area contributed by atoms with Gasteiger partial charge in [-0.25, -0.2) is 18.7 Å². The summed E-state index contributed by atoms with van der Waals surface area (Å²) in [4.78, 5) is 38.7. The van der Waals surface area contributed by atoms with Gasteiger partial charge in [-0.3, -0.25) is 19.3 Å². The molecule has 0 bridgehead atoms. The van der Waals surface area contributed by atoms with Gasteiger partial charge in [0.05, 0.1) is 25.0 Å². The van der Waals surface area contributed by atoms with Crippen LogP contribution in [0.2, 0.25) is 0 Å². The molecule has 0 radical (unpaired) electrons. The van der Waals surface area contributed by atoms with Gasteiger partial charge >= 0.3 is 6.09 Å². The van der Waals surface area contributed by atoms with Crippen molar-refractivity contribution in [3.05, 3.63) is 89.4 Å². The molecule has 11 nitrogen and oxygen atoms in total. The second kappa shape index (κ2) is 13.8. The standard InChI is InChI=1S/C26H28N6O5S2/c1-37-26(34)31-21(14-17-5-3-2-4-6-17)24(33)29-20(13-18-7-9-19(10-8-18)32-39(35)36)23-16-38-25(30-23)22-15-27-11-12-28-22/h2-9,11-12,15-16,19-21,32H,10,13-14H2,1H3,(H,29,33)(H,31,34)(H,35,36)/t19?,20-,21-/m0/s1. The summed E-state index contributed by atoms with van der Waals surface area (Å²) in [6, 6.07) is 7.69. The number of benzene rings is 1. The van der Waals surface area contributed by atoms with Crippen molar-refractivity contribution >= 4 is 34.6 Å². The van der Waals surface area contributed by atoms with Crippen molar-refractivity contribution < 1.29 is 23.1 Å². The summed E-state index contributed by atoms with van der Waals surface area (Å²) in [6.07, 6.45) is 10.9. The van der Waals surface area contributed by atoms with Gasteiger partial charge in [0.15, 0.2) is 0 Å². The third-order valence-corrected chi connectivity index (χ3v) is 7.31. The first-order valence-corrected chi connectivity index (χ1v) is 14.0. The van der Waals surface area contributed by atoms with Crippen LogP contribution in [0.3, 0.4) is 0 Å². The summed E-state index contributed by atoms with van der Waals surface area (Å²) in [7, 11) is 1.25. The van der Waals surface area contributed by atoms with Crippen LogP contribution in [0.15, 0.2) is 78.1 Å². The number of amides is 2. The van der Waals surface area contributed by atoms with Crippen molar-refractivity contribution in [2.75, 3.05) is 7.11 Å². The number of carbonyl (C=O) groups excluding carboxylic acids is 2. The Balaban J connectivity index is 1.56. The topological polar surface area (TPSA) is 155 Å². The van der Waals surface area contributed by atoms with Gasteiger partial charge < -0.3 is 15.4 Å². The second-order valence-electron chi connectivity index (χ2n) is 8.66. The minimum absolute atomic E-state index is 0.269. The summed E-state index contributed by atoms with van der Waals surface area (Å²) in [6.45, 7) is 0. The SMILES string of the molecule is COC(=O)N[C@@H](Cc1ccccc1)C(=O)N[C@@H](CC1=CCC(NS(=O)O)C=C1)c1csc(-c2cnccn2)n1. The van der Waals surface area contributed by atoms with Crippen molar-refractivity contribution in [1.82, 2.24) is 30.3 Å². The molecule has 0 spiro atoms. The molecule has 1 aliphatic rings. The smallest absolute Gasteiger partial charge is 0.407 e. The van der Waals surface area contributed by atoms with Crippen LogP contribution < -0.4 is 15.4 Å². The van der Waals surface area contributed by atoms with Crippen molar-refractivity contribution in [2.45, 2.75) is 37.4 Å². The van der Waals surface area contributed by atoms with Crippen LogP contribution >= 0.6 is 11.3 Å². The Kier molecular flexibility index (Phi) is 10.0. The summed E-state index contributed by atoms with van der Waals surface area (Å²) in [5.41, 5.74) is 3.06. The highest BCUT2D eigenvalue weighted by molar-refractivity contribution is 7.77. The van der Waals surface area contributed by atoms with Gasteiger partial charge in [-0.05, 0) is 24.0 Å². The maximum Gasteiger partial charge on any atom is 0.407 e. The van der Waals surface area contributed by atoms with E-state index < -0.39 is 29.4 Å². The lowest BCUT2D eigenvalue weighted by atomic mass is 9.96. The highest BCUT2D eigenvalue weighted by atomic mass is 32.2. The summed E-state index contributed by atoms with van der Waals surface area (Å²) < 4.78 is 27.5. The quantitative estimate of drug-likeness (QED) is 0.257. The number of allylic oxidation sites excluding steroid dienone is 1. The zero-order chi connectivity index (χ0) is 27.6. The van der Waals surface area contributed by atoms with Crippen LogP contribution in [-0.4, -0.2) is 54.9 Å². The van der Waals surface area contributed by atoms with Crippen LogP contribution in [0.1, 0.15) is 30.1 Å². The van der Waals surface area contributed by atoms with E-state index in [1.807, 2.05) is 53.9 Å². The zero-order valence-electron chi connectivity index (χ0n) is 21.0. The number of hydrogen-bond acceptors (Lipinski definition) is 8. The minimum Gasteiger partial charge on any atom is -0.453 e. The zero-order valence-corrected chi connectivity index (χ0v) is 22.7. The molecular weight excluding hydrogens is 540 g/mol. The van der Waals surface area contributed by atoms with Gasteiger partial charge in [-0.1, -0.05) is 48.6 Å². The second-order valence-corrected chi connectivity index (χ2v) is 10.3. The van der Waals surface area contributed by atoms with Crippen molar-refractivity contribution in [3.8, 4) is 10.7 Å².